The average Bonchev–Trinajstić information content (AvgIpc) is 4.04. The summed E-state index contributed by atoms with van der Waals surface area (Å²) in [5.74, 6) is -1.76. The van der Waals surface area contributed by atoms with Crippen molar-refractivity contribution in [2.45, 2.75) is 81.0 Å². The number of carboxylic acid groups (broad SMARTS) is 2. The Bertz CT molecular complexity index is 2350. The van der Waals surface area contributed by atoms with Crippen molar-refractivity contribution in [2.75, 3.05) is 33.2 Å². The molecule has 4 N–H and O–H groups in total. The van der Waals surface area contributed by atoms with Crippen LogP contribution in [0.4, 0.5) is 17.6 Å². The van der Waals surface area contributed by atoms with Crippen molar-refractivity contribution >= 4 is 23.7 Å². The highest BCUT2D eigenvalue weighted by Crippen LogP contribution is 2.32. The topological polar surface area (TPSA) is 187 Å². The maximum absolute atomic E-state index is 13.6. The van der Waals surface area contributed by atoms with Gasteiger partial charge in [-0.05, 0) is 98.8 Å². The van der Waals surface area contributed by atoms with E-state index in [4.69, 9.17) is 30.6 Å². The molecule has 330 valence electrons. The summed E-state index contributed by atoms with van der Waals surface area (Å²) in [5, 5.41) is 42.5. The molecule has 3 aromatic carbocycles. The quantitative estimate of drug-likeness (QED) is 0.0594. The number of aromatic nitrogens is 5. The standard InChI is InChI=1S/C39H41F4N7OS.C4H6O6/c1-47(21-22-48-19-2-3-20-48)24-35-45-46-36(50(35)23-27-7-11-29(12-8-27)30-13-15-31(16-14-30)39(41,42)43)25-49-34-6-4-5-33(34)37(51)44-38(49)52-26-28-9-17-32(40)18-10-28;5-1(3(7)8)2(6)4(9)10/h7-18H,2-6,19-26H2,1H3;1-2,5-6H,(H,7,8)(H,9,10). The molecule has 2 aromatic heterocycles. The van der Waals surface area contributed by atoms with Crippen molar-refractivity contribution in [3.05, 3.63) is 129 Å². The van der Waals surface area contributed by atoms with Gasteiger partial charge in [0.25, 0.3) is 5.56 Å². The van der Waals surface area contributed by atoms with Gasteiger partial charge in [0, 0.05) is 30.1 Å². The van der Waals surface area contributed by atoms with Crippen LogP contribution in [-0.2, 0) is 54.0 Å². The molecule has 5 aromatic rings. The third kappa shape index (κ3) is 11.9. The number of halogens is 4. The van der Waals surface area contributed by atoms with E-state index < -0.39 is 35.9 Å². The van der Waals surface area contributed by atoms with Crippen LogP contribution in [0.3, 0.4) is 0 Å². The van der Waals surface area contributed by atoms with Crippen LogP contribution in [0, 0.1) is 5.82 Å². The first kappa shape index (κ1) is 46.0. The third-order valence-electron chi connectivity index (χ3n) is 10.7. The van der Waals surface area contributed by atoms with Crippen molar-refractivity contribution in [2.24, 2.45) is 0 Å². The van der Waals surface area contributed by atoms with Crippen LogP contribution in [0.5, 0.6) is 0 Å². The Balaban J connectivity index is 0.000000572. The fourth-order valence-corrected chi connectivity index (χ4v) is 8.23. The number of aliphatic hydroxyl groups excluding tert-OH is 2. The number of likely N-dealkylation sites (tertiary alicyclic amines) is 1. The lowest BCUT2D eigenvalue weighted by Gasteiger charge is -2.22. The molecular formula is C43H47F4N7O7S. The molecule has 1 fully saturated rings. The van der Waals surface area contributed by atoms with Crippen LogP contribution in [0.1, 0.15) is 58.9 Å². The van der Waals surface area contributed by atoms with Gasteiger partial charge in [-0.2, -0.15) is 18.2 Å². The SMILES string of the molecule is CN(CCN1CCCC1)Cc1nnc(Cn2c(SCc3ccc(F)cc3)nc(=O)c3c2CCC3)n1Cc1ccc(-c2ccc(C(F)(F)F)cc2)cc1.O=C(O)C(O)C(O)C(=O)O. The number of carbonyl (C=O) groups is 2. The minimum Gasteiger partial charge on any atom is -0.479 e. The second-order valence-electron chi connectivity index (χ2n) is 15.2. The van der Waals surface area contributed by atoms with Crippen LogP contribution in [0.15, 0.2) is 82.7 Å². The van der Waals surface area contributed by atoms with Crippen molar-refractivity contribution in [3.8, 4) is 11.1 Å². The molecule has 19 heteroatoms. The van der Waals surface area contributed by atoms with E-state index in [1.807, 2.05) is 24.3 Å². The Morgan fingerprint density at radius 1 is 0.790 bits per heavy atom. The predicted molar refractivity (Wildman–Crippen MR) is 221 cm³/mol. The van der Waals surface area contributed by atoms with Crippen molar-refractivity contribution in [3.63, 3.8) is 0 Å². The molecule has 2 atom stereocenters. The number of aliphatic carboxylic acids is 2. The molecule has 1 aliphatic heterocycles. The largest absolute Gasteiger partial charge is 0.479 e. The second kappa shape index (κ2) is 20.6. The molecule has 2 aliphatic rings. The first-order valence-electron chi connectivity index (χ1n) is 20.0. The first-order valence-corrected chi connectivity index (χ1v) is 21.0. The summed E-state index contributed by atoms with van der Waals surface area (Å²) in [6.07, 6.45) is -4.09. The van der Waals surface area contributed by atoms with E-state index in [1.165, 1.54) is 48.9 Å². The summed E-state index contributed by atoms with van der Waals surface area (Å²) in [5.41, 5.74) is 4.30. The van der Waals surface area contributed by atoms with E-state index in [0.29, 0.717) is 42.5 Å². The van der Waals surface area contributed by atoms with Gasteiger partial charge in [-0.25, -0.2) is 14.0 Å². The number of likely N-dealkylation sites (N-methyl/N-ethyl adjacent to an activating group) is 1. The van der Waals surface area contributed by atoms with E-state index in [9.17, 15) is 31.9 Å². The summed E-state index contributed by atoms with van der Waals surface area (Å²) >= 11 is 1.45. The fraction of sp³-hybridized carbons (Fsp3) is 0.395. The van der Waals surface area contributed by atoms with Crippen LogP contribution in [0.2, 0.25) is 0 Å². The van der Waals surface area contributed by atoms with E-state index in [2.05, 4.69) is 31.0 Å². The number of carboxylic acids is 2. The lowest BCUT2D eigenvalue weighted by Crippen LogP contribution is -2.39. The van der Waals surface area contributed by atoms with Crippen LogP contribution < -0.4 is 5.56 Å². The number of hydrogen-bond acceptors (Lipinski definition) is 11. The monoisotopic (exact) mass is 881 g/mol. The first-order chi connectivity index (χ1) is 29.6. The van der Waals surface area contributed by atoms with E-state index in [-0.39, 0.29) is 11.4 Å². The van der Waals surface area contributed by atoms with Gasteiger partial charge in [0.2, 0.25) is 0 Å². The summed E-state index contributed by atoms with van der Waals surface area (Å²) < 4.78 is 57.2. The maximum atomic E-state index is 13.6. The molecule has 1 saturated heterocycles. The van der Waals surface area contributed by atoms with Gasteiger partial charge in [-0.1, -0.05) is 60.3 Å². The molecule has 0 saturated carbocycles. The predicted octanol–water partition coefficient (Wildman–Crippen LogP) is 4.94. The number of thioether (sulfide) groups is 1. The van der Waals surface area contributed by atoms with Gasteiger partial charge in [0.15, 0.2) is 23.2 Å². The fourth-order valence-electron chi connectivity index (χ4n) is 7.26. The van der Waals surface area contributed by atoms with Crippen LogP contribution >= 0.6 is 11.8 Å². The van der Waals surface area contributed by atoms with Gasteiger partial charge in [-0.15, -0.1) is 10.2 Å². The molecule has 2 unspecified atom stereocenters. The molecule has 3 heterocycles. The van der Waals surface area contributed by atoms with Gasteiger partial charge in [0.05, 0.1) is 25.2 Å². The Morgan fingerprint density at radius 2 is 1.37 bits per heavy atom. The number of nitrogens with zero attached hydrogens (tertiary/aromatic N) is 7. The lowest BCUT2D eigenvalue weighted by atomic mass is 10.0. The van der Waals surface area contributed by atoms with E-state index >= 15 is 0 Å². The summed E-state index contributed by atoms with van der Waals surface area (Å²) in [7, 11) is 2.09. The number of alkyl halides is 3. The minimum atomic E-state index is -4.38. The molecule has 62 heavy (non-hydrogen) atoms. The van der Waals surface area contributed by atoms with Crippen LogP contribution in [0.25, 0.3) is 11.1 Å². The maximum Gasteiger partial charge on any atom is 0.416 e. The molecule has 7 rings (SSSR count). The number of fused-ring (bicyclic) bond motifs is 1. The minimum absolute atomic E-state index is 0.194. The summed E-state index contributed by atoms with van der Waals surface area (Å²) in [6.45, 7) is 5.61. The second-order valence-corrected chi connectivity index (χ2v) is 16.2. The lowest BCUT2D eigenvalue weighted by molar-refractivity contribution is -0.165. The third-order valence-corrected chi connectivity index (χ3v) is 11.8. The molecule has 14 nitrogen and oxygen atoms in total. The smallest absolute Gasteiger partial charge is 0.416 e. The summed E-state index contributed by atoms with van der Waals surface area (Å²) in [4.78, 5) is 41.9. The number of benzene rings is 3. The number of aliphatic hydroxyl groups is 2. The molecule has 0 bridgehead atoms. The van der Waals surface area contributed by atoms with Gasteiger partial charge >= 0.3 is 18.1 Å². The number of rotatable bonds is 16. The van der Waals surface area contributed by atoms with Crippen molar-refractivity contribution in [1.82, 2.24) is 34.1 Å². The Hall–Kier alpha value is -5.47. The molecule has 1 aliphatic carbocycles. The highest BCUT2D eigenvalue weighted by molar-refractivity contribution is 7.98. The zero-order valence-corrected chi connectivity index (χ0v) is 34.7. The Labute approximate surface area is 358 Å². The van der Waals surface area contributed by atoms with Gasteiger partial charge in [0.1, 0.15) is 11.6 Å². The zero-order chi connectivity index (χ0) is 44.6. The highest BCUT2D eigenvalue weighted by Gasteiger charge is 2.31. The van der Waals surface area contributed by atoms with Gasteiger partial charge < -0.3 is 34.5 Å². The molecular weight excluding hydrogens is 835 g/mol. The average molecular weight is 882 g/mol. The normalized spacial score (nSPS) is 15.0. The van der Waals surface area contributed by atoms with Crippen molar-refractivity contribution in [1.29, 1.82) is 0 Å². The van der Waals surface area contributed by atoms with E-state index in [0.717, 1.165) is 90.7 Å². The van der Waals surface area contributed by atoms with Crippen molar-refractivity contribution < 1.29 is 47.6 Å². The van der Waals surface area contributed by atoms with Gasteiger partial charge in [-0.3, -0.25) is 9.69 Å². The highest BCUT2D eigenvalue weighted by atomic mass is 32.2. The Morgan fingerprint density at radius 3 is 1.97 bits per heavy atom. The van der Waals surface area contributed by atoms with Crippen LogP contribution in [-0.4, -0.2) is 112 Å². The Kier molecular flexibility index (Phi) is 15.3. The molecule has 0 amide bonds. The van der Waals surface area contributed by atoms with E-state index in [1.54, 1.807) is 12.1 Å². The molecule has 0 radical (unpaired) electrons. The number of hydrogen-bond donors (Lipinski definition) is 4. The molecule has 0 spiro atoms. The zero-order valence-electron chi connectivity index (χ0n) is 33.8. The summed E-state index contributed by atoms with van der Waals surface area (Å²) in [6, 6.07) is 19.4.